The molecule has 0 spiro atoms. The molecule has 2 atom stereocenters. The summed E-state index contributed by atoms with van der Waals surface area (Å²) in [6.45, 7) is 11.5. The predicted octanol–water partition coefficient (Wildman–Crippen LogP) is 3.50. The molecule has 0 amide bonds. The van der Waals surface area contributed by atoms with Gasteiger partial charge in [0, 0.05) is 6.04 Å². The molecule has 0 heterocycles. The Balaban J connectivity index is 3.00. The Morgan fingerprint density at radius 2 is 2.00 bits per heavy atom. The van der Waals surface area contributed by atoms with Crippen LogP contribution in [-0.2, 0) is 0 Å². The molecule has 0 unspecified atom stereocenters. The van der Waals surface area contributed by atoms with Crippen molar-refractivity contribution in [3.05, 3.63) is 11.1 Å². The van der Waals surface area contributed by atoms with Gasteiger partial charge >= 0.3 is 0 Å². The molecule has 1 aliphatic carbocycles. The first kappa shape index (κ1) is 11.8. The van der Waals surface area contributed by atoms with E-state index < -0.39 is 0 Å². The minimum Gasteiger partial charge on any atom is -0.327 e. The summed E-state index contributed by atoms with van der Waals surface area (Å²) in [5.74, 6) is 0.722. The lowest BCUT2D eigenvalue weighted by molar-refractivity contribution is 0.202. The summed E-state index contributed by atoms with van der Waals surface area (Å²) in [4.78, 5) is 0. The molecule has 1 saturated carbocycles. The number of rotatable bonds is 1. The molecule has 0 aromatic carbocycles. The highest BCUT2D eigenvalue weighted by Crippen LogP contribution is 2.46. The van der Waals surface area contributed by atoms with Gasteiger partial charge in [-0.1, -0.05) is 31.9 Å². The first-order valence-electron chi connectivity index (χ1n) is 5.80. The highest BCUT2D eigenvalue weighted by Gasteiger charge is 2.37. The molecule has 0 aliphatic heterocycles. The Kier molecular flexibility index (Phi) is 3.41. The third kappa shape index (κ3) is 2.03. The van der Waals surface area contributed by atoms with Crippen LogP contribution in [0.5, 0.6) is 0 Å². The highest BCUT2D eigenvalue weighted by atomic mass is 14.6. The van der Waals surface area contributed by atoms with Crippen molar-refractivity contribution in [1.82, 2.24) is 0 Å². The van der Waals surface area contributed by atoms with Gasteiger partial charge in [0.1, 0.15) is 0 Å². The van der Waals surface area contributed by atoms with Crippen molar-refractivity contribution < 1.29 is 0 Å². The summed E-state index contributed by atoms with van der Waals surface area (Å²) in [5, 5.41) is 0. The molecule has 0 aromatic rings. The van der Waals surface area contributed by atoms with Crippen LogP contribution in [0.1, 0.15) is 53.9 Å². The van der Waals surface area contributed by atoms with Crippen molar-refractivity contribution >= 4 is 0 Å². The summed E-state index contributed by atoms with van der Waals surface area (Å²) in [6.07, 6.45) is 3.55. The van der Waals surface area contributed by atoms with Crippen molar-refractivity contribution in [3.63, 3.8) is 0 Å². The molecule has 14 heavy (non-hydrogen) atoms. The third-order valence-corrected chi connectivity index (χ3v) is 4.07. The lowest BCUT2D eigenvalue weighted by Gasteiger charge is -2.43. The van der Waals surface area contributed by atoms with Crippen LogP contribution in [-0.4, -0.2) is 6.04 Å². The zero-order chi connectivity index (χ0) is 10.9. The van der Waals surface area contributed by atoms with Crippen molar-refractivity contribution in [2.24, 2.45) is 17.1 Å². The number of hydrogen-bond acceptors (Lipinski definition) is 1. The Bertz CT molecular complexity index is 236. The van der Waals surface area contributed by atoms with Gasteiger partial charge in [-0.05, 0) is 44.4 Å². The van der Waals surface area contributed by atoms with Crippen LogP contribution in [0.25, 0.3) is 0 Å². The Hall–Kier alpha value is -0.300. The maximum Gasteiger partial charge on any atom is 0.00767 e. The molecule has 0 saturated heterocycles. The maximum atomic E-state index is 6.05. The van der Waals surface area contributed by atoms with Crippen LogP contribution in [0.2, 0.25) is 0 Å². The lowest BCUT2D eigenvalue weighted by atomic mass is 9.63. The molecule has 1 rings (SSSR count). The molecule has 1 nitrogen and oxygen atoms in total. The van der Waals surface area contributed by atoms with E-state index in [-0.39, 0.29) is 0 Å². The molecule has 1 aliphatic rings. The fraction of sp³-hybridized carbons (Fsp3) is 0.846. The second-order valence-electron chi connectivity index (χ2n) is 5.55. The molecule has 82 valence electrons. The van der Waals surface area contributed by atoms with Gasteiger partial charge in [-0.3, -0.25) is 0 Å². The summed E-state index contributed by atoms with van der Waals surface area (Å²) >= 11 is 0. The molecule has 1 fully saturated rings. The van der Waals surface area contributed by atoms with Crippen LogP contribution in [0.15, 0.2) is 11.1 Å². The van der Waals surface area contributed by atoms with Gasteiger partial charge in [0.25, 0.3) is 0 Å². The third-order valence-electron chi connectivity index (χ3n) is 4.07. The quantitative estimate of drug-likeness (QED) is 0.637. The molecule has 0 radical (unpaired) electrons. The zero-order valence-electron chi connectivity index (χ0n) is 10.4. The second-order valence-corrected chi connectivity index (χ2v) is 5.55. The van der Waals surface area contributed by atoms with E-state index >= 15 is 0 Å². The van der Waals surface area contributed by atoms with E-state index in [2.05, 4.69) is 34.6 Å². The first-order chi connectivity index (χ1) is 6.38. The zero-order valence-corrected chi connectivity index (χ0v) is 10.4. The summed E-state index contributed by atoms with van der Waals surface area (Å²) in [6, 6.07) is 0.395. The van der Waals surface area contributed by atoms with E-state index in [1.54, 1.807) is 5.57 Å². The van der Waals surface area contributed by atoms with E-state index in [0.29, 0.717) is 11.5 Å². The Morgan fingerprint density at radius 3 is 2.43 bits per heavy atom. The topological polar surface area (TPSA) is 26.0 Å². The SMILES string of the molecule is CC(C)=C1C[C@@H](N)CC[C@]1(C)C(C)C. The summed E-state index contributed by atoms with van der Waals surface area (Å²) in [7, 11) is 0. The van der Waals surface area contributed by atoms with Crippen LogP contribution in [0.3, 0.4) is 0 Å². The molecule has 0 bridgehead atoms. The average molecular weight is 195 g/mol. The van der Waals surface area contributed by atoms with E-state index in [0.717, 1.165) is 12.3 Å². The number of allylic oxidation sites excluding steroid dienone is 1. The maximum absolute atomic E-state index is 6.05. The van der Waals surface area contributed by atoms with Gasteiger partial charge in [-0.15, -0.1) is 0 Å². The fourth-order valence-corrected chi connectivity index (χ4v) is 2.65. The van der Waals surface area contributed by atoms with Gasteiger partial charge < -0.3 is 5.73 Å². The fourth-order valence-electron chi connectivity index (χ4n) is 2.65. The van der Waals surface area contributed by atoms with E-state index in [4.69, 9.17) is 5.73 Å². The predicted molar refractivity (Wildman–Crippen MR) is 63.1 cm³/mol. The van der Waals surface area contributed by atoms with Crippen LogP contribution in [0, 0.1) is 11.3 Å². The highest BCUT2D eigenvalue weighted by molar-refractivity contribution is 5.23. The summed E-state index contributed by atoms with van der Waals surface area (Å²) in [5.41, 5.74) is 9.55. The van der Waals surface area contributed by atoms with Crippen LogP contribution < -0.4 is 5.73 Å². The molecular formula is C13H25N. The minimum atomic E-state index is 0.395. The van der Waals surface area contributed by atoms with Crippen molar-refractivity contribution in [3.8, 4) is 0 Å². The Morgan fingerprint density at radius 1 is 1.43 bits per heavy atom. The van der Waals surface area contributed by atoms with E-state index in [1.807, 2.05) is 0 Å². The average Bonchev–Trinajstić information content (AvgIpc) is 2.08. The van der Waals surface area contributed by atoms with E-state index in [1.165, 1.54) is 18.4 Å². The van der Waals surface area contributed by atoms with Crippen molar-refractivity contribution in [1.29, 1.82) is 0 Å². The standard InChI is InChI=1S/C13H25N/c1-9(2)12-8-11(14)6-7-13(12,5)10(3)4/h10-11H,6-8,14H2,1-5H3/t11-,13+/m0/s1. The summed E-state index contributed by atoms with van der Waals surface area (Å²) < 4.78 is 0. The smallest absolute Gasteiger partial charge is 0.00767 e. The molecular weight excluding hydrogens is 170 g/mol. The van der Waals surface area contributed by atoms with Crippen LogP contribution in [0.4, 0.5) is 0 Å². The first-order valence-corrected chi connectivity index (χ1v) is 5.80. The van der Waals surface area contributed by atoms with Gasteiger partial charge in [-0.2, -0.15) is 0 Å². The number of nitrogens with two attached hydrogens (primary N) is 1. The normalized spacial score (nSPS) is 33.6. The Labute approximate surface area is 88.8 Å². The van der Waals surface area contributed by atoms with Gasteiger partial charge in [0.05, 0.1) is 0 Å². The minimum absolute atomic E-state index is 0.395. The second kappa shape index (κ2) is 4.06. The van der Waals surface area contributed by atoms with Gasteiger partial charge in [0.2, 0.25) is 0 Å². The van der Waals surface area contributed by atoms with Crippen LogP contribution >= 0.6 is 0 Å². The van der Waals surface area contributed by atoms with Crippen molar-refractivity contribution in [2.45, 2.75) is 59.9 Å². The molecule has 0 aromatic heterocycles. The van der Waals surface area contributed by atoms with Crippen molar-refractivity contribution in [2.75, 3.05) is 0 Å². The van der Waals surface area contributed by atoms with Gasteiger partial charge in [-0.25, -0.2) is 0 Å². The molecule has 1 heteroatoms. The lowest BCUT2D eigenvalue weighted by Crippen LogP contribution is -2.37. The van der Waals surface area contributed by atoms with Gasteiger partial charge in [0.15, 0.2) is 0 Å². The number of hydrogen-bond donors (Lipinski definition) is 1. The monoisotopic (exact) mass is 195 g/mol. The molecule has 2 N–H and O–H groups in total. The van der Waals surface area contributed by atoms with E-state index in [9.17, 15) is 0 Å². The largest absolute Gasteiger partial charge is 0.327 e.